The Kier molecular flexibility index (Phi) is 2.92. The number of nitrogens with one attached hydrogen (secondary N) is 2. The molecule has 0 radical (unpaired) electrons. The van der Waals surface area contributed by atoms with Gasteiger partial charge < -0.3 is 5.32 Å². The average Bonchev–Trinajstić information content (AvgIpc) is 2.98. The fourth-order valence-electron chi connectivity index (χ4n) is 4.79. The quantitative estimate of drug-likeness (QED) is 0.668. The molecule has 1 aliphatic carbocycles. The molecule has 2 N–H and O–H groups in total. The molecule has 24 heavy (non-hydrogen) atoms. The Morgan fingerprint density at radius 2 is 2.08 bits per heavy atom. The topological polar surface area (TPSA) is 59.0 Å². The van der Waals surface area contributed by atoms with Gasteiger partial charge >= 0.3 is 0 Å². The first-order valence-corrected chi connectivity index (χ1v) is 8.92. The standard InChI is InChI=1S/C19H22N4O/c1-12-14-9-13-10-20-8-5-15(13)22-17(14)18(24)23-16(12)11-21-19(23)6-3-2-4-7-19/h5,8,10,21-22H,2-4,6-7,9,11H2,1H3. The molecule has 1 fully saturated rings. The zero-order valence-electron chi connectivity index (χ0n) is 14.0. The second-order valence-corrected chi connectivity index (χ2v) is 7.35. The highest BCUT2D eigenvalue weighted by Gasteiger charge is 2.42. The van der Waals surface area contributed by atoms with Crippen LogP contribution in [0, 0.1) is 6.92 Å². The fraction of sp³-hybridized carbons (Fsp3) is 0.474. The molecule has 2 aliphatic heterocycles. The van der Waals surface area contributed by atoms with Crippen LogP contribution in [0.3, 0.4) is 0 Å². The second kappa shape index (κ2) is 4.93. The smallest absolute Gasteiger partial charge is 0.276 e. The number of rotatable bonds is 0. The van der Waals surface area contributed by atoms with Crippen LogP contribution in [0.5, 0.6) is 0 Å². The molecule has 1 saturated carbocycles. The molecule has 1 spiro atoms. The molecule has 5 nitrogen and oxygen atoms in total. The van der Waals surface area contributed by atoms with Gasteiger partial charge in [-0.15, -0.1) is 0 Å². The van der Waals surface area contributed by atoms with E-state index in [0.29, 0.717) is 0 Å². The lowest BCUT2D eigenvalue weighted by Gasteiger charge is -2.36. The van der Waals surface area contributed by atoms with E-state index in [2.05, 4.69) is 27.1 Å². The van der Waals surface area contributed by atoms with Crippen LogP contribution in [0.15, 0.2) is 23.3 Å². The van der Waals surface area contributed by atoms with Crippen LogP contribution in [-0.4, -0.2) is 9.55 Å². The summed E-state index contributed by atoms with van der Waals surface area (Å²) in [4.78, 5) is 17.6. The number of hydrogen-bond acceptors (Lipinski definition) is 4. The van der Waals surface area contributed by atoms with Gasteiger partial charge in [-0.3, -0.25) is 19.7 Å². The summed E-state index contributed by atoms with van der Waals surface area (Å²) in [5, 5.41) is 7.09. The van der Waals surface area contributed by atoms with Crippen LogP contribution >= 0.6 is 0 Å². The number of pyridine rings is 2. The molecular formula is C19H22N4O. The lowest BCUT2D eigenvalue weighted by Crippen LogP contribution is -2.48. The minimum Gasteiger partial charge on any atom is -0.350 e. The highest BCUT2D eigenvalue weighted by atomic mass is 16.1. The predicted octanol–water partition coefficient (Wildman–Crippen LogP) is 2.92. The molecule has 0 amide bonds. The molecule has 3 aliphatic rings. The minimum absolute atomic E-state index is 0.139. The van der Waals surface area contributed by atoms with Gasteiger partial charge in [0, 0.05) is 36.7 Å². The highest BCUT2D eigenvalue weighted by Crippen LogP contribution is 2.40. The van der Waals surface area contributed by atoms with Gasteiger partial charge in [-0.1, -0.05) is 6.42 Å². The van der Waals surface area contributed by atoms with E-state index in [9.17, 15) is 4.79 Å². The molecule has 124 valence electrons. The summed E-state index contributed by atoms with van der Waals surface area (Å²) < 4.78 is 2.08. The molecule has 2 aromatic rings. The summed E-state index contributed by atoms with van der Waals surface area (Å²) in [6.07, 6.45) is 10.2. The van der Waals surface area contributed by atoms with Gasteiger partial charge in [0.2, 0.25) is 0 Å². The van der Waals surface area contributed by atoms with E-state index in [1.165, 1.54) is 30.5 Å². The molecule has 0 atom stereocenters. The van der Waals surface area contributed by atoms with Crippen LogP contribution < -0.4 is 16.2 Å². The minimum atomic E-state index is -0.162. The second-order valence-electron chi connectivity index (χ2n) is 7.35. The number of nitrogens with zero attached hydrogens (tertiary/aromatic N) is 2. The molecule has 5 rings (SSSR count). The summed E-state index contributed by atoms with van der Waals surface area (Å²) in [5.74, 6) is 0. The van der Waals surface area contributed by atoms with Crippen molar-refractivity contribution in [1.29, 1.82) is 0 Å². The van der Waals surface area contributed by atoms with Crippen LogP contribution in [0.2, 0.25) is 0 Å². The number of aromatic nitrogens is 2. The van der Waals surface area contributed by atoms with Crippen LogP contribution in [0.25, 0.3) is 0 Å². The SMILES string of the molecule is Cc1c2c(c(=O)n3c1CNC31CCCCC1)Nc1ccncc1C2. The Morgan fingerprint density at radius 3 is 2.92 bits per heavy atom. The van der Waals surface area contributed by atoms with Gasteiger partial charge in [0.15, 0.2) is 0 Å². The molecule has 0 saturated heterocycles. The van der Waals surface area contributed by atoms with Crippen molar-refractivity contribution in [2.45, 2.75) is 57.7 Å². The number of fused-ring (bicyclic) bond motifs is 4. The number of hydrogen-bond donors (Lipinski definition) is 2. The first-order valence-electron chi connectivity index (χ1n) is 8.92. The van der Waals surface area contributed by atoms with Crippen molar-refractivity contribution in [3.8, 4) is 0 Å². The van der Waals surface area contributed by atoms with Gasteiger partial charge in [-0.25, -0.2) is 0 Å². The van der Waals surface area contributed by atoms with E-state index in [1.54, 1.807) is 6.20 Å². The molecule has 2 aromatic heterocycles. The van der Waals surface area contributed by atoms with Gasteiger partial charge in [0.25, 0.3) is 5.56 Å². The van der Waals surface area contributed by atoms with Gasteiger partial charge in [-0.2, -0.15) is 0 Å². The fourth-order valence-corrected chi connectivity index (χ4v) is 4.79. The third-order valence-corrected chi connectivity index (χ3v) is 6.10. The molecule has 0 unspecified atom stereocenters. The van der Waals surface area contributed by atoms with Crippen molar-refractivity contribution in [3.05, 3.63) is 51.2 Å². The largest absolute Gasteiger partial charge is 0.350 e. The van der Waals surface area contributed by atoms with Crippen molar-refractivity contribution in [1.82, 2.24) is 14.9 Å². The third-order valence-electron chi connectivity index (χ3n) is 6.10. The van der Waals surface area contributed by atoms with Crippen LogP contribution in [0.1, 0.15) is 54.5 Å². The Hall–Kier alpha value is -2.14. The third kappa shape index (κ3) is 1.79. The Balaban J connectivity index is 1.72. The van der Waals surface area contributed by atoms with Crippen molar-refractivity contribution in [2.75, 3.05) is 5.32 Å². The lowest BCUT2D eigenvalue weighted by atomic mass is 9.88. The Morgan fingerprint density at radius 1 is 1.25 bits per heavy atom. The highest BCUT2D eigenvalue weighted by molar-refractivity contribution is 5.72. The number of anilines is 2. The molecule has 5 heteroatoms. The van der Waals surface area contributed by atoms with E-state index >= 15 is 0 Å². The average molecular weight is 322 g/mol. The van der Waals surface area contributed by atoms with E-state index in [0.717, 1.165) is 48.3 Å². The van der Waals surface area contributed by atoms with Gasteiger partial charge in [0.05, 0.1) is 5.66 Å². The zero-order valence-corrected chi connectivity index (χ0v) is 14.0. The summed E-state index contributed by atoms with van der Waals surface area (Å²) in [5.41, 5.74) is 6.49. The lowest BCUT2D eigenvalue weighted by molar-refractivity contribution is 0.165. The first kappa shape index (κ1) is 14.2. The van der Waals surface area contributed by atoms with Gasteiger partial charge in [0.1, 0.15) is 5.69 Å². The monoisotopic (exact) mass is 322 g/mol. The zero-order chi connectivity index (χ0) is 16.3. The van der Waals surface area contributed by atoms with Gasteiger partial charge in [-0.05, 0) is 55.4 Å². The summed E-state index contributed by atoms with van der Waals surface area (Å²) >= 11 is 0. The summed E-state index contributed by atoms with van der Waals surface area (Å²) in [6.45, 7) is 2.96. The van der Waals surface area contributed by atoms with E-state index < -0.39 is 0 Å². The van der Waals surface area contributed by atoms with E-state index in [4.69, 9.17) is 0 Å². The maximum absolute atomic E-state index is 13.4. The summed E-state index contributed by atoms with van der Waals surface area (Å²) in [6, 6.07) is 1.96. The Bertz CT molecular complexity index is 893. The predicted molar refractivity (Wildman–Crippen MR) is 93.7 cm³/mol. The Labute approximate surface area is 141 Å². The first-order chi connectivity index (χ1) is 11.7. The molecular weight excluding hydrogens is 300 g/mol. The van der Waals surface area contributed by atoms with Crippen molar-refractivity contribution >= 4 is 11.4 Å². The van der Waals surface area contributed by atoms with Crippen molar-refractivity contribution in [3.63, 3.8) is 0 Å². The van der Waals surface area contributed by atoms with Crippen LogP contribution in [0.4, 0.5) is 11.4 Å². The normalized spacial score (nSPS) is 20.2. The maximum atomic E-state index is 13.4. The van der Waals surface area contributed by atoms with E-state index in [-0.39, 0.29) is 11.2 Å². The van der Waals surface area contributed by atoms with E-state index in [1.807, 2.05) is 12.3 Å². The molecule has 4 heterocycles. The van der Waals surface area contributed by atoms with Crippen molar-refractivity contribution in [2.24, 2.45) is 0 Å². The van der Waals surface area contributed by atoms with Crippen molar-refractivity contribution < 1.29 is 0 Å². The molecule has 0 bridgehead atoms. The summed E-state index contributed by atoms with van der Waals surface area (Å²) in [7, 11) is 0. The maximum Gasteiger partial charge on any atom is 0.276 e. The molecule has 0 aromatic carbocycles. The van der Waals surface area contributed by atoms with Crippen LogP contribution in [-0.2, 0) is 18.6 Å².